The molecule has 0 aliphatic rings. The van der Waals surface area contributed by atoms with Crippen LogP contribution in [0.4, 0.5) is 5.69 Å². The number of anilines is 1. The molecule has 4 rings (SSSR count). The Morgan fingerprint density at radius 2 is 1.93 bits per heavy atom. The van der Waals surface area contributed by atoms with Crippen LogP contribution < -0.4 is 15.6 Å². The van der Waals surface area contributed by atoms with Gasteiger partial charge in [0.2, 0.25) is 5.91 Å². The van der Waals surface area contributed by atoms with Gasteiger partial charge in [0, 0.05) is 10.4 Å². The van der Waals surface area contributed by atoms with Crippen molar-refractivity contribution >= 4 is 33.1 Å². The van der Waals surface area contributed by atoms with E-state index in [4.69, 9.17) is 4.74 Å². The molecule has 1 N–H and O–H groups in total. The molecule has 7 heteroatoms. The first-order valence-electron chi connectivity index (χ1n) is 9.46. The van der Waals surface area contributed by atoms with E-state index in [-0.39, 0.29) is 18.0 Å². The minimum Gasteiger partial charge on any atom is -0.495 e. The van der Waals surface area contributed by atoms with Crippen molar-refractivity contribution in [2.75, 3.05) is 12.4 Å². The van der Waals surface area contributed by atoms with Gasteiger partial charge in [0.05, 0.1) is 24.5 Å². The lowest BCUT2D eigenvalue weighted by atomic mass is 10.0. The molecule has 0 bridgehead atoms. The number of nitrogens with zero attached hydrogens (tertiary/aromatic N) is 2. The lowest BCUT2D eigenvalue weighted by Gasteiger charge is -2.12. The number of aryl methyl sites for hydroxylation is 2. The van der Waals surface area contributed by atoms with E-state index in [9.17, 15) is 9.59 Å². The maximum atomic E-state index is 13.2. The summed E-state index contributed by atoms with van der Waals surface area (Å²) < 4.78 is 6.65. The number of thiophene rings is 1. The number of fused-ring (bicyclic) bond motifs is 1. The molecule has 2 heterocycles. The van der Waals surface area contributed by atoms with Crippen LogP contribution in [0.5, 0.6) is 5.75 Å². The second kappa shape index (κ2) is 8.12. The number of aromatic nitrogens is 2. The molecule has 0 atom stereocenters. The highest BCUT2D eigenvalue weighted by Crippen LogP contribution is 2.35. The number of methoxy groups -OCH3 is 1. The number of hydrogen-bond acceptors (Lipinski definition) is 5. The van der Waals surface area contributed by atoms with Gasteiger partial charge in [-0.15, -0.1) is 11.3 Å². The minimum absolute atomic E-state index is 0.137. The zero-order chi connectivity index (χ0) is 21.3. The van der Waals surface area contributed by atoms with Crippen LogP contribution in [0.1, 0.15) is 10.4 Å². The summed E-state index contributed by atoms with van der Waals surface area (Å²) in [6.45, 7) is 3.78. The first-order chi connectivity index (χ1) is 14.5. The van der Waals surface area contributed by atoms with Crippen LogP contribution in [0.2, 0.25) is 0 Å². The third-order valence-corrected chi connectivity index (χ3v) is 5.87. The van der Waals surface area contributed by atoms with E-state index in [1.165, 1.54) is 22.2 Å². The fourth-order valence-electron chi connectivity index (χ4n) is 3.47. The van der Waals surface area contributed by atoms with Gasteiger partial charge in [-0.2, -0.15) is 0 Å². The summed E-state index contributed by atoms with van der Waals surface area (Å²) in [5.41, 5.74) is 3.18. The zero-order valence-corrected chi connectivity index (χ0v) is 17.7. The van der Waals surface area contributed by atoms with Gasteiger partial charge in [0.1, 0.15) is 17.1 Å². The van der Waals surface area contributed by atoms with E-state index < -0.39 is 0 Å². The molecule has 6 nitrogen and oxygen atoms in total. The van der Waals surface area contributed by atoms with Crippen molar-refractivity contribution in [3.05, 3.63) is 75.7 Å². The van der Waals surface area contributed by atoms with Gasteiger partial charge in [0.15, 0.2) is 0 Å². The summed E-state index contributed by atoms with van der Waals surface area (Å²) >= 11 is 1.48. The van der Waals surface area contributed by atoms with E-state index in [0.717, 1.165) is 21.6 Å². The quantitative estimate of drug-likeness (QED) is 0.521. The van der Waals surface area contributed by atoms with Crippen LogP contribution in [-0.2, 0) is 11.3 Å². The van der Waals surface area contributed by atoms with E-state index in [2.05, 4.69) is 10.3 Å². The number of amides is 1. The van der Waals surface area contributed by atoms with E-state index in [1.54, 1.807) is 13.2 Å². The van der Waals surface area contributed by atoms with Crippen molar-refractivity contribution in [2.24, 2.45) is 0 Å². The summed E-state index contributed by atoms with van der Waals surface area (Å²) in [7, 11) is 1.55. The molecule has 0 aliphatic heterocycles. The Bertz CT molecular complexity index is 1290. The summed E-state index contributed by atoms with van der Waals surface area (Å²) in [5, 5.41) is 3.38. The molecule has 0 saturated heterocycles. The fraction of sp³-hybridized carbons (Fsp3) is 0.174. The third-order valence-electron chi connectivity index (χ3n) is 4.86. The monoisotopic (exact) mass is 419 g/mol. The normalized spacial score (nSPS) is 10.9. The van der Waals surface area contributed by atoms with Crippen LogP contribution in [-0.4, -0.2) is 22.6 Å². The Kier molecular flexibility index (Phi) is 5.37. The predicted octanol–water partition coefficient (Wildman–Crippen LogP) is 4.39. The van der Waals surface area contributed by atoms with Gasteiger partial charge in [-0.1, -0.05) is 36.4 Å². The molecule has 1 amide bonds. The number of nitrogens with one attached hydrogen (secondary N) is 1. The van der Waals surface area contributed by atoms with Gasteiger partial charge in [-0.05, 0) is 37.1 Å². The number of carbonyl (C=O) groups is 1. The van der Waals surface area contributed by atoms with Gasteiger partial charge in [-0.3, -0.25) is 14.2 Å². The topological polar surface area (TPSA) is 73.2 Å². The van der Waals surface area contributed by atoms with Crippen molar-refractivity contribution < 1.29 is 9.53 Å². The summed E-state index contributed by atoms with van der Waals surface area (Å²) in [6.07, 6.45) is 1.43. The first-order valence-corrected chi connectivity index (χ1v) is 10.3. The molecular formula is C23H21N3O3S. The van der Waals surface area contributed by atoms with Crippen molar-refractivity contribution in [3.63, 3.8) is 0 Å². The average Bonchev–Trinajstić information content (AvgIpc) is 3.07. The average molecular weight is 420 g/mol. The van der Waals surface area contributed by atoms with Crippen molar-refractivity contribution in [2.45, 2.75) is 20.4 Å². The smallest absolute Gasteiger partial charge is 0.263 e. The zero-order valence-electron chi connectivity index (χ0n) is 16.9. The molecule has 152 valence electrons. The SMILES string of the molecule is COc1ccc(C)cc1NC(=O)Cn1cnc2sc(C)c(-c3ccccc3)c2c1=O. The van der Waals surface area contributed by atoms with E-state index in [1.807, 2.05) is 56.3 Å². The third kappa shape index (κ3) is 3.71. The van der Waals surface area contributed by atoms with Crippen LogP contribution in [0, 0.1) is 13.8 Å². The number of benzene rings is 2. The highest BCUT2D eigenvalue weighted by atomic mass is 32.1. The Morgan fingerprint density at radius 3 is 2.67 bits per heavy atom. The molecule has 2 aromatic carbocycles. The van der Waals surface area contributed by atoms with Crippen LogP contribution >= 0.6 is 11.3 Å². The molecule has 2 aromatic heterocycles. The standard InChI is InChI=1S/C23H21N3O3S/c1-14-9-10-18(29-3)17(11-14)25-19(27)12-26-13-24-22-21(23(26)28)20(15(2)30-22)16-7-5-4-6-8-16/h4-11,13H,12H2,1-3H3,(H,25,27). The molecule has 0 radical (unpaired) electrons. The lowest BCUT2D eigenvalue weighted by Crippen LogP contribution is -2.28. The molecule has 0 fully saturated rings. The van der Waals surface area contributed by atoms with Crippen molar-refractivity contribution in [1.82, 2.24) is 9.55 Å². The molecule has 0 spiro atoms. The number of hydrogen-bond donors (Lipinski definition) is 1. The second-order valence-corrected chi connectivity index (χ2v) is 8.21. The maximum absolute atomic E-state index is 13.2. The fourth-order valence-corrected chi connectivity index (χ4v) is 4.47. The van der Waals surface area contributed by atoms with Gasteiger partial charge < -0.3 is 10.1 Å². The Labute approximate surface area is 177 Å². The molecule has 0 unspecified atom stereocenters. The molecule has 30 heavy (non-hydrogen) atoms. The number of rotatable bonds is 5. The van der Waals surface area contributed by atoms with Crippen LogP contribution in [0.15, 0.2) is 59.7 Å². The minimum atomic E-state index is -0.324. The van der Waals surface area contributed by atoms with Gasteiger partial charge >= 0.3 is 0 Å². The molecule has 4 aromatic rings. The summed E-state index contributed by atoms with van der Waals surface area (Å²) in [4.78, 5) is 32.0. The van der Waals surface area contributed by atoms with E-state index in [0.29, 0.717) is 21.7 Å². The summed E-state index contributed by atoms with van der Waals surface area (Å²) in [5.74, 6) is 0.241. The largest absolute Gasteiger partial charge is 0.495 e. The summed E-state index contributed by atoms with van der Waals surface area (Å²) in [6, 6.07) is 15.3. The lowest BCUT2D eigenvalue weighted by molar-refractivity contribution is -0.116. The maximum Gasteiger partial charge on any atom is 0.263 e. The molecule has 0 saturated carbocycles. The Balaban J connectivity index is 1.69. The van der Waals surface area contributed by atoms with Crippen LogP contribution in [0.25, 0.3) is 21.3 Å². The number of carbonyl (C=O) groups excluding carboxylic acids is 1. The number of ether oxygens (including phenoxy) is 1. The molecule has 0 aliphatic carbocycles. The first kappa shape index (κ1) is 19.8. The Hall–Kier alpha value is -3.45. The highest BCUT2D eigenvalue weighted by molar-refractivity contribution is 7.19. The Morgan fingerprint density at radius 1 is 1.17 bits per heavy atom. The van der Waals surface area contributed by atoms with Crippen molar-refractivity contribution in [3.8, 4) is 16.9 Å². The highest BCUT2D eigenvalue weighted by Gasteiger charge is 2.18. The van der Waals surface area contributed by atoms with Gasteiger partial charge in [0.25, 0.3) is 5.56 Å². The van der Waals surface area contributed by atoms with Gasteiger partial charge in [-0.25, -0.2) is 4.98 Å². The molecular weight excluding hydrogens is 398 g/mol. The second-order valence-electron chi connectivity index (χ2n) is 7.01. The predicted molar refractivity (Wildman–Crippen MR) is 120 cm³/mol. The van der Waals surface area contributed by atoms with E-state index >= 15 is 0 Å². The van der Waals surface area contributed by atoms with Crippen molar-refractivity contribution in [1.29, 1.82) is 0 Å². The van der Waals surface area contributed by atoms with Crippen LogP contribution in [0.3, 0.4) is 0 Å².